The van der Waals surface area contributed by atoms with Crippen molar-refractivity contribution in [2.24, 2.45) is 5.18 Å². The topological polar surface area (TPSA) is 61.7 Å². The number of anilines is 1. The first-order chi connectivity index (χ1) is 8.83. The van der Waals surface area contributed by atoms with Gasteiger partial charge in [-0.3, -0.25) is 10.7 Å². The summed E-state index contributed by atoms with van der Waals surface area (Å²) in [5.41, 5.74) is 4.37. The fourth-order valence-corrected chi connectivity index (χ4v) is 1.58. The fraction of sp³-hybridized carbons (Fsp3) is 0. The second-order valence-corrected chi connectivity index (χ2v) is 3.72. The summed E-state index contributed by atoms with van der Waals surface area (Å²) < 4.78 is 0. The minimum absolute atomic E-state index is 0.175. The van der Waals surface area contributed by atoms with Crippen LogP contribution in [0.2, 0.25) is 0 Å². The molecule has 0 atom stereocenters. The first kappa shape index (κ1) is 12.0. The molecule has 4 nitrogen and oxygen atoms in total. The lowest BCUT2D eigenvalue weighted by atomic mass is 10.1. The van der Waals surface area contributed by atoms with Crippen LogP contribution in [-0.4, -0.2) is 5.21 Å². The number of hydrogen-bond donors (Lipinski definition) is 2. The van der Waals surface area contributed by atoms with Crippen molar-refractivity contribution in [3.8, 4) is 0 Å². The van der Waals surface area contributed by atoms with E-state index in [2.05, 4.69) is 5.18 Å². The van der Waals surface area contributed by atoms with E-state index in [1.165, 1.54) is 0 Å². The van der Waals surface area contributed by atoms with Gasteiger partial charge in [0.1, 0.15) is 5.69 Å². The van der Waals surface area contributed by atoms with E-state index in [0.717, 1.165) is 11.1 Å². The number of nitrogens with zero attached hydrogens (tertiary/aromatic N) is 1. The second kappa shape index (κ2) is 5.75. The predicted molar refractivity (Wildman–Crippen MR) is 72.7 cm³/mol. The maximum Gasteiger partial charge on any atom is 0.133 e. The van der Waals surface area contributed by atoms with Crippen LogP contribution >= 0.6 is 0 Å². The molecule has 4 heteroatoms. The molecule has 2 N–H and O–H groups in total. The highest BCUT2D eigenvalue weighted by Gasteiger charge is 2.01. The van der Waals surface area contributed by atoms with Crippen LogP contribution in [0.4, 0.5) is 11.4 Å². The predicted octanol–water partition coefficient (Wildman–Crippen LogP) is 4.06. The Morgan fingerprint density at radius 1 is 1.00 bits per heavy atom. The number of nitroso groups, excluding NO2 is 1. The quantitative estimate of drug-likeness (QED) is 0.481. The number of benzene rings is 2. The molecule has 0 heterocycles. The lowest BCUT2D eigenvalue weighted by molar-refractivity contribution is 0.389. The SMILES string of the molecule is O=Nc1ccc(/C=C/c2ccccc2)cc1NO. The van der Waals surface area contributed by atoms with E-state index in [-0.39, 0.29) is 5.69 Å². The molecule has 0 amide bonds. The standard InChI is InChI=1S/C14H12N2O2/c17-15-13-9-8-12(10-14(13)16-18)7-6-11-4-2-1-3-5-11/h1-10,16,18H/b7-6+. The Morgan fingerprint density at radius 3 is 2.39 bits per heavy atom. The average molecular weight is 240 g/mol. The summed E-state index contributed by atoms with van der Waals surface area (Å²) in [5, 5.41) is 11.7. The lowest BCUT2D eigenvalue weighted by Crippen LogP contribution is -1.89. The van der Waals surface area contributed by atoms with E-state index < -0.39 is 0 Å². The first-order valence-electron chi connectivity index (χ1n) is 5.44. The lowest BCUT2D eigenvalue weighted by Gasteiger charge is -2.02. The smallest absolute Gasteiger partial charge is 0.133 e. The van der Waals surface area contributed by atoms with Crippen molar-refractivity contribution in [3.05, 3.63) is 64.6 Å². The maximum absolute atomic E-state index is 10.5. The van der Waals surface area contributed by atoms with Crippen LogP contribution in [-0.2, 0) is 0 Å². The third kappa shape index (κ3) is 2.81. The van der Waals surface area contributed by atoms with Gasteiger partial charge in [0.2, 0.25) is 0 Å². The molecule has 0 aliphatic carbocycles. The van der Waals surface area contributed by atoms with Crippen molar-refractivity contribution in [3.63, 3.8) is 0 Å². The Labute approximate surface area is 105 Å². The van der Waals surface area contributed by atoms with Crippen LogP contribution in [0, 0.1) is 4.91 Å². The highest BCUT2D eigenvalue weighted by atomic mass is 16.5. The Bertz CT molecular complexity index is 565. The molecule has 2 aromatic carbocycles. The van der Waals surface area contributed by atoms with Gasteiger partial charge >= 0.3 is 0 Å². The summed E-state index contributed by atoms with van der Waals surface area (Å²) in [4.78, 5) is 10.5. The molecule has 0 saturated heterocycles. The van der Waals surface area contributed by atoms with Crippen LogP contribution in [0.5, 0.6) is 0 Å². The molecule has 18 heavy (non-hydrogen) atoms. The molecule has 90 valence electrons. The summed E-state index contributed by atoms with van der Waals surface area (Å²) >= 11 is 0. The average Bonchev–Trinajstić information content (AvgIpc) is 2.45. The van der Waals surface area contributed by atoms with Crippen LogP contribution < -0.4 is 5.48 Å². The zero-order chi connectivity index (χ0) is 12.8. The van der Waals surface area contributed by atoms with E-state index in [4.69, 9.17) is 5.21 Å². The molecule has 0 spiro atoms. The Balaban J connectivity index is 2.25. The van der Waals surface area contributed by atoms with Crippen LogP contribution in [0.15, 0.2) is 53.7 Å². The summed E-state index contributed by atoms with van der Waals surface area (Å²) in [6.45, 7) is 0. The first-order valence-corrected chi connectivity index (χ1v) is 5.44. The molecular formula is C14H12N2O2. The molecule has 0 aromatic heterocycles. The maximum atomic E-state index is 10.5. The molecule has 0 fully saturated rings. The molecular weight excluding hydrogens is 228 g/mol. The van der Waals surface area contributed by atoms with E-state index in [9.17, 15) is 4.91 Å². The summed E-state index contributed by atoms with van der Waals surface area (Å²) in [6.07, 6.45) is 3.84. The molecule has 0 aliphatic rings. The van der Waals surface area contributed by atoms with Gasteiger partial charge in [0, 0.05) is 0 Å². The second-order valence-electron chi connectivity index (χ2n) is 3.72. The summed E-state index contributed by atoms with van der Waals surface area (Å²) in [7, 11) is 0. The number of rotatable bonds is 4. The third-order valence-electron chi connectivity index (χ3n) is 2.51. The van der Waals surface area contributed by atoms with Gasteiger partial charge in [-0.05, 0) is 28.4 Å². The monoisotopic (exact) mass is 240 g/mol. The van der Waals surface area contributed by atoms with Gasteiger partial charge in [-0.1, -0.05) is 48.6 Å². The van der Waals surface area contributed by atoms with Gasteiger partial charge in [0.25, 0.3) is 0 Å². The largest absolute Gasteiger partial charge is 0.291 e. The normalized spacial score (nSPS) is 10.5. The number of hydrogen-bond acceptors (Lipinski definition) is 4. The molecule has 0 saturated carbocycles. The van der Waals surface area contributed by atoms with Crippen LogP contribution in [0.3, 0.4) is 0 Å². The van der Waals surface area contributed by atoms with Crippen molar-refractivity contribution in [1.82, 2.24) is 0 Å². The zero-order valence-corrected chi connectivity index (χ0v) is 9.58. The van der Waals surface area contributed by atoms with Gasteiger partial charge in [-0.15, -0.1) is 4.91 Å². The van der Waals surface area contributed by atoms with E-state index in [1.807, 2.05) is 48.0 Å². The van der Waals surface area contributed by atoms with Gasteiger partial charge in [0.05, 0.1) is 5.69 Å². The Hall–Kier alpha value is -2.46. The van der Waals surface area contributed by atoms with Gasteiger partial charge in [-0.25, -0.2) is 0 Å². The molecule has 0 radical (unpaired) electrons. The minimum atomic E-state index is 0.175. The van der Waals surface area contributed by atoms with Gasteiger partial charge < -0.3 is 0 Å². The van der Waals surface area contributed by atoms with E-state index >= 15 is 0 Å². The third-order valence-corrected chi connectivity index (χ3v) is 2.51. The van der Waals surface area contributed by atoms with Crippen molar-refractivity contribution < 1.29 is 5.21 Å². The highest BCUT2D eigenvalue weighted by molar-refractivity contribution is 5.75. The molecule has 0 aliphatic heterocycles. The summed E-state index contributed by atoms with van der Waals surface area (Å²) in [5.74, 6) is 0. The van der Waals surface area contributed by atoms with Crippen LogP contribution in [0.25, 0.3) is 12.2 Å². The Morgan fingerprint density at radius 2 is 1.72 bits per heavy atom. The zero-order valence-electron chi connectivity index (χ0n) is 9.58. The Kier molecular flexibility index (Phi) is 3.83. The van der Waals surface area contributed by atoms with Crippen molar-refractivity contribution in [2.75, 3.05) is 5.48 Å². The summed E-state index contributed by atoms with van der Waals surface area (Å²) in [6, 6.07) is 14.8. The highest BCUT2D eigenvalue weighted by Crippen LogP contribution is 2.26. The van der Waals surface area contributed by atoms with E-state index in [1.54, 1.807) is 18.2 Å². The van der Waals surface area contributed by atoms with Crippen molar-refractivity contribution in [2.45, 2.75) is 0 Å². The van der Waals surface area contributed by atoms with E-state index in [0.29, 0.717) is 5.69 Å². The minimum Gasteiger partial charge on any atom is -0.291 e. The molecule has 2 rings (SSSR count). The van der Waals surface area contributed by atoms with Gasteiger partial charge in [-0.2, -0.15) is 0 Å². The molecule has 2 aromatic rings. The molecule has 0 bridgehead atoms. The van der Waals surface area contributed by atoms with Gasteiger partial charge in [0.15, 0.2) is 0 Å². The molecule has 0 unspecified atom stereocenters. The van der Waals surface area contributed by atoms with Crippen LogP contribution in [0.1, 0.15) is 11.1 Å². The van der Waals surface area contributed by atoms with Crippen molar-refractivity contribution >= 4 is 23.5 Å². The fourth-order valence-electron chi connectivity index (χ4n) is 1.58. The number of nitrogens with one attached hydrogen (secondary N) is 1. The van der Waals surface area contributed by atoms with Crippen molar-refractivity contribution in [1.29, 1.82) is 0 Å².